The van der Waals surface area contributed by atoms with Crippen LogP contribution in [0.3, 0.4) is 0 Å². The summed E-state index contributed by atoms with van der Waals surface area (Å²) in [6.07, 6.45) is 3.07. The summed E-state index contributed by atoms with van der Waals surface area (Å²) in [6.45, 7) is 0.886. The summed E-state index contributed by atoms with van der Waals surface area (Å²) < 4.78 is 0. The lowest BCUT2D eigenvalue weighted by Gasteiger charge is -2.36. The highest BCUT2D eigenvalue weighted by Crippen LogP contribution is 2.37. The molecule has 1 unspecified atom stereocenters. The number of piperidine rings is 1. The maximum Gasteiger partial charge on any atom is 0.181 e. The van der Waals surface area contributed by atoms with E-state index in [-0.39, 0.29) is 24.1 Å². The van der Waals surface area contributed by atoms with Crippen LogP contribution in [0.2, 0.25) is 0 Å². The quantitative estimate of drug-likeness (QED) is 0.664. The van der Waals surface area contributed by atoms with Crippen molar-refractivity contribution in [3.05, 3.63) is 18.2 Å². The van der Waals surface area contributed by atoms with Gasteiger partial charge in [0, 0.05) is 6.54 Å². The monoisotopic (exact) mass is 223 g/mol. The van der Waals surface area contributed by atoms with Crippen molar-refractivity contribution in [1.29, 1.82) is 0 Å². The van der Waals surface area contributed by atoms with Gasteiger partial charge in [-0.05, 0) is 31.4 Å². The highest BCUT2D eigenvalue weighted by Gasteiger charge is 2.24. The first-order chi connectivity index (χ1) is 7.74. The molecular formula is C12H17NO3. The highest BCUT2D eigenvalue weighted by atomic mass is 16.3. The first kappa shape index (κ1) is 11.1. The molecule has 0 radical (unpaired) electrons. The van der Waals surface area contributed by atoms with Crippen LogP contribution in [0, 0.1) is 0 Å². The van der Waals surface area contributed by atoms with Crippen LogP contribution in [0.15, 0.2) is 18.2 Å². The largest absolute Gasteiger partial charge is 0.504 e. The SMILES string of the molecule is OCC1CCCCN1c1cccc(O)c1O. The second kappa shape index (κ2) is 4.61. The first-order valence-electron chi connectivity index (χ1n) is 5.62. The molecule has 3 N–H and O–H groups in total. The second-order valence-electron chi connectivity index (χ2n) is 4.17. The third-order valence-corrected chi connectivity index (χ3v) is 3.14. The molecule has 1 fully saturated rings. The number of aliphatic hydroxyl groups excluding tert-OH is 1. The zero-order valence-corrected chi connectivity index (χ0v) is 9.13. The molecule has 2 rings (SSSR count). The summed E-state index contributed by atoms with van der Waals surface area (Å²) in [6, 6.07) is 4.97. The van der Waals surface area contributed by atoms with Crippen molar-refractivity contribution in [3.8, 4) is 11.5 Å². The summed E-state index contributed by atoms with van der Waals surface area (Å²) in [5.74, 6) is -0.206. The zero-order chi connectivity index (χ0) is 11.5. The average Bonchev–Trinajstić information content (AvgIpc) is 2.33. The van der Waals surface area contributed by atoms with Crippen LogP contribution in [0.4, 0.5) is 5.69 Å². The Bertz CT molecular complexity index is 367. The molecule has 0 saturated carbocycles. The molecule has 1 saturated heterocycles. The number of aliphatic hydroxyl groups is 1. The molecule has 16 heavy (non-hydrogen) atoms. The lowest BCUT2D eigenvalue weighted by molar-refractivity contribution is 0.239. The molecule has 1 aliphatic heterocycles. The molecular weight excluding hydrogens is 206 g/mol. The number of para-hydroxylation sites is 1. The third kappa shape index (κ3) is 1.93. The fourth-order valence-electron chi connectivity index (χ4n) is 2.26. The van der Waals surface area contributed by atoms with Crippen LogP contribution >= 0.6 is 0 Å². The normalized spacial score (nSPS) is 21.1. The maximum atomic E-state index is 9.79. The van der Waals surface area contributed by atoms with Crippen molar-refractivity contribution in [3.63, 3.8) is 0 Å². The maximum absolute atomic E-state index is 9.79. The van der Waals surface area contributed by atoms with Gasteiger partial charge in [0.05, 0.1) is 18.3 Å². The predicted molar refractivity (Wildman–Crippen MR) is 61.8 cm³/mol. The Morgan fingerprint density at radius 2 is 2.06 bits per heavy atom. The van der Waals surface area contributed by atoms with Gasteiger partial charge in [0.2, 0.25) is 0 Å². The minimum Gasteiger partial charge on any atom is -0.504 e. The Morgan fingerprint density at radius 1 is 1.25 bits per heavy atom. The Hall–Kier alpha value is -1.42. The number of phenols is 2. The van der Waals surface area contributed by atoms with Gasteiger partial charge in [0.25, 0.3) is 0 Å². The molecule has 88 valence electrons. The molecule has 1 atom stereocenters. The minimum absolute atomic E-state index is 0.0430. The molecule has 4 heteroatoms. The number of rotatable bonds is 2. The molecule has 1 aromatic rings. The molecule has 1 aromatic carbocycles. The number of aromatic hydroxyl groups is 2. The average molecular weight is 223 g/mol. The molecule has 1 heterocycles. The van der Waals surface area contributed by atoms with Crippen molar-refractivity contribution in [2.24, 2.45) is 0 Å². The molecule has 0 aromatic heterocycles. The Labute approximate surface area is 94.8 Å². The molecule has 0 spiro atoms. The summed E-state index contributed by atoms with van der Waals surface area (Å²) in [7, 11) is 0. The molecule has 1 aliphatic rings. The van der Waals surface area contributed by atoms with Gasteiger partial charge in [-0.25, -0.2) is 0 Å². The van der Waals surface area contributed by atoms with E-state index in [1.807, 2.05) is 4.90 Å². The van der Waals surface area contributed by atoms with E-state index in [2.05, 4.69) is 0 Å². The Morgan fingerprint density at radius 3 is 2.81 bits per heavy atom. The van der Waals surface area contributed by atoms with E-state index >= 15 is 0 Å². The van der Waals surface area contributed by atoms with Crippen LogP contribution in [0.5, 0.6) is 11.5 Å². The third-order valence-electron chi connectivity index (χ3n) is 3.14. The smallest absolute Gasteiger partial charge is 0.181 e. The van der Waals surface area contributed by atoms with Gasteiger partial charge < -0.3 is 20.2 Å². The van der Waals surface area contributed by atoms with Crippen molar-refractivity contribution in [1.82, 2.24) is 0 Å². The van der Waals surface area contributed by atoms with Crippen LogP contribution < -0.4 is 4.90 Å². The van der Waals surface area contributed by atoms with Crippen molar-refractivity contribution >= 4 is 5.69 Å². The van der Waals surface area contributed by atoms with E-state index in [1.165, 1.54) is 6.07 Å². The van der Waals surface area contributed by atoms with Crippen LogP contribution in [-0.4, -0.2) is 34.5 Å². The Kier molecular flexibility index (Phi) is 3.19. The van der Waals surface area contributed by atoms with E-state index in [9.17, 15) is 15.3 Å². The van der Waals surface area contributed by atoms with Gasteiger partial charge in [-0.3, -0.25) is 0 Å². The van der Waals surface area contributed by atoms with E-state index in [0.29, 0.717) is 5.69 Å². The van der Waals surface area contributed by atoms with Crippen molar-refractivity contribution < 1.29 is 15.3 Å². The fourth-order valence-corrected chi connectivity index (χ4v) is 2.26. The van der Waals surface area contributed by atoms with Gasteiger partial charge in [-0.15, -0.1) is 0 Å². The topological polar surface area (TPSA) is 63.9 Å². The predicted octanol–water partition coefficient (Wildman–Crippen LogP) is 1.45. The Balaban J connectivity index is 2.30. The summed E-state index contributed by atoms with van der Waals surface area (Å²) in [4.78, 5) is 1.97. The summed E-state index contributed by atoms with van der Waals surface area (Å²) >= 11 is 0. The molecule has 0 amide bonds. The molecule has 4 nitrogen and oxygen atoms in total. The summed E-state index contributed by atoms with van der Waals surface area (Å²) in [5, 5.41) is 28.5. The lowest BCUT2D eigenvalue weighted by Crippen LogP contribution is -2.41. The van der Waals surface area contributed by atoms with Gasteiger partial charge >= 0.3 is 0 Å². The van der Waals surface area contributed by atoms with E-state index in [4.69, 9.17) is 0 Å². The number of phenolic OH excluding ortho intramolecular Hbond substituents is 2. The number of hydrogen-bond acceptors (Lipinski definition) is 4. The molecule has 0 aliphatic carbocycles. The fraction of sp³-hybridized carbons (Fsp3) is 0.500. The minimum atomic E-state index is -0.111. The molecule has 0 bridgehead atoms. The first-order valence-corrected chi connectivity index (χ1v) is 5.62. The van der Waals surface area contributed by atoms with Gasteiger partial charge in [0.15, 0.2) is 11.5 Å². The van der Waals surface area contributed by atoms with E-state index in [1.54, 1.807) is 12.1 Å². The van der Waals surface area contributed by atoms with E-state index in [0.717, 1.165) is 25.8 Å². The second-order valence-corrected chi connectivity index (χ2v) is 4.17. The lowest BCUT2D eigenvalue weighted by atomic mass is 10.0. The van der Waals surface area contributed by atoms with Gasteiger partial charge in [-0.2, -0.15) is 0 Å². The standard InChI is InChI=1S/C12H17NO3/c14-8-9-4-1-2-7-13(9)10-5-3-6-11(15)12(10)16/h3,5-6,9,14-16H,1-2,4,7-8H2. The highest BCUT2D eigenvalue weighted by molar-refractivity contribution is 5.64. The van der Waals surface area contributed by atoms with E-state index < -0.39 is 0 Å². The van der Waals surface area contributed by atoms with Crippen LogP contribution in [-0.2, 0) is 0 Å². The van der Waals surface area contributed by atoms with Gasteiger partial charge in [0.1, 0.15) is 0 Å². The number of nitrogens with zero attached hydrogens (tertiary/aromatic N) is 1. The number of benzene rings is 1. The van der Waals surface area contributed by atoms with Crippen LogP contribution in [0.1, 0.15) is 19.3 Å². The van der Waals surface area contributed by atoms with Crippen molar-refractivity contribution in [2.45, 2.75) is 25.3 Å². The number of anilines is 1. The van der Waals surface area contributed by atoms with Gasteiger partial charge in [-0.1, -0.05) is 6.07 Å². The zero-order valence-electron chi connectivity index (χ0n) is 9.13. The summed E-state index contributed by atoms with van der Waals surface area (Å²) in [5.41, 5.74) is 0.610. The van der Waals surface area contributed by atoms with Crippen LogP contribution in [0.25, 0.3) is 0 Å². The van der Waals surface area contributed by atoms with Crippen molar-refractivity contribution in [2.75, 3.05) is 18.1 Å². The number of hydrogen-bond donors (Lipinski definition) is 3.